The first kappa shape index (κ1) is 76.7. The summed E-state index contributed by atoms with van der Waals surface area (Å²) in [5.41, 5.74) is 5.04. The molecule has 0 aromatic carbocycles. The Kier molecular flexibility index (Phi) is 25.6. The fourth-order valence-corrected chi connectivity index (χ4v) is 10.1. The summed E-state index contributed by atoms with van der Waals surface area (Å²) < 4.78 is 32.6. The summed E-state index contributed by atoms with van der Waals surface area (Å²) in [6.45, 7) is 10.8. The number of aryl methyl sites for hydroxylation is 8. The van der Waals surface area contributed by atoms with Crippen LogP contribution in [0.2, 0.25) is 0 Å². The second-order valence-electron chi connectivity index (χ2n) is 24.3. The van der Waals surface area contributed by atoms with Crippen LogP contribution in [-0.4, -0.2) is 141 Å². The molecule has 28 heteroatoms. The third-order valence-corrected chi connectivity index (χ3v) is 14.0. The number of methoxy groups -OCH3 is 2. The molecule has 510 valence electrons. The largest absolute Gasteiger partial charge is 0.475 e. The second-order valence-corrected chi connectivity index (χ2v) is 24.3. The van der Waals surface area contributed by atoms with Crippen molar-refractivity contribution in [2.75, 3.05) is 14.2 Å². The molecule has 8 heterocycles. The van der Waals surface area contributed by atoms with Crippen LogP contribution in [0.4, 0.5) is 5.69 Å². The number of nitro groups is 1. The van der Waals surface area contributed by atoms with Gasteiger partial charge in [-0.3, -0.25) is 43.7 Å². The molecule has 95 heavy (non-hydrogen) atoms. The first-order valence-electron chi connectivity index (χ1n) is 28.9. The van der Waals surface area contributed by atoms with Crippen molar-refractivity contribution in [1.82, 2.24) is 46.5 Å². The molecule has 8 aromatic rings. The van der Waals surface area contributed by atoms with Crippen LogP contribution >= 0.6 is 0 Å². The molecule has 8 rings (SSSR count). The summed E-state index contributed by atoms with van der Waals surface area (Å²) in [5, 5.41) is 19.8. The first-order valence-corrected chi connectivity index (χ1v) is 28.9. The van der Waals surface area contributed by atoms with Gasteiger partial charge in [-0.15, -0.1) is 0 Å². The van der Waals surface area contributed by atoms with Crippen molar-refractivity contribution in [2.24, 2.45) is 56.4 Å². The lowest BCUT2D eigenvalue weighted by atomic mass is 10.1. The summed E-state index contributed by atoms with van der Waals surface area (Å²) in [6, 6.07) is 9.44. The van der Waals surface area contributed by atoms with E-state index in [9.17, 15) is 58.1 Å². The van der Waals surface area contributed by atoms with Crippen LogP contribution in [0.1, 0.15) is 180 Å². The number of rotatable bonds is 23. The van der Waals surface area contributed by atoms with E-state index in [2.05, 4.69) is 14.7 Å². The maximum Gasteiger partial charge on any atom is 0.372 e. The number of aromatic nitrogens is 10. The van der Waals surface area contributed by atoms with Gasteiger partial charge in [0.2, 0.25) is 11.6 Å². The number of hydrogen-bond donors (Lipinski definition) is 1. The standard InChI is InChI=1S/C33H39N5O7.C18H23N3O5.C14H15N3O5.2CH4/c1-33(2,3)45-30(42)14-22-10-25(36(5)18-22)28(40)15-23-19-38(7)31(34-23)29(41)13-20-9-24(35(4)16-20)27(39)12-21-11-26(32(43)44-8)37(6)17-21;1-18(2,3)26-15(23)7-11-6-13(20(4)9-11)14(22)8-12-10-21(5)16(19-12)17(24)25;1-15-7-9(4-12(15)14(19)22-3)5-13(18)11-6-10(17(20)21)8-16(11)2;;/h9-11,16-19H,12-15H2,1-8H3;6,9-10H,7-8H2,1-5H3,(H,24,25);4,6-8H,5H2,1-3H3;2*1H4. The van der Waals surface area contributed by atoms with Crippen LogP contribution < -0.4 is 0 Å². The molecule has 0 bridgehead atoms. The fraction of sp³-hybridized carbons (Fsp3) is 0.403. The van der Waals surface area contributed by atoms with Gasteiger partial charge in [0.05, 0.1) is 85.2 Å². The van der Waals surface area contributed by atoms with Gasteiger partial charge in [0.25, 0.3) is 5.69 Å². The molecular formula is C67H85N11O17. The molecule has 0 saturated heterocycles. The van der Waals surface area contributed by atoms with Crippen LogP contribution in [0.15, 0.2) is 86.0 Å². The first-order chi connectivity index (χ1) is 43.3. The number of ketones is 5. The SMILES string of the molecule is C.C.COC(=O)c1cc(CC(=O)c2cc(CC(=O)c3nc(CC(=O)c4cc(CC(=O)OC(C)(C)C)cn4C)cn3C)cn2C)cn1C.COC(=O)c1cc(CC(=O)c2cc([N+](=O)[O-])cn2C)cn1C.Cn1cc(CC(=O)OC(C)(C)C)cc1C(=O)Cc1cn(C)c(C(=O)O)n1. The number of carboxylic acids is 1. The van der Waals surface area contributed by atoms with Crippen LogP contribution in [0, 0.1) is 10.1 Å². The molecule has 0 unspecified atom stereocenters. The topological polar surface area (TPSA) is 336 Å². The molecule has 0 aliphatic heterocycles. The lowest BCUT2D eigenvalue weighted by molar-refractivity contribution is -0.384. The van der Waals surface area contributed by atoms with Crippen molar-refractivity contribution in [3.63, 3.8) is 0 Å². The monoisotopic (exact) mass is 1320 g/mol. The number of carboxylic acid groups (broad SMARTS) is 1. The molecule has 0 amide bonds. The quantitative estimate of drug-likeness (QED) is 0.0209. The maximum atomic E-state index is 13.2. The van der Waals surface area contributed by atoms with E-state index in [1.807, 2.05) is 0 Å². The maximum absolute atomic E-state index is 13.2. The van der Waals surface area contributed by atoms with Crippen molar-refractivity contribution >= 4 is 64.5 Å². The van der Waals surface area contributed by atoms with Gasteiger partial charge in [-0.05, 0) is 99.7 Å². The molecule has 8 aromatic heterocycles. The van der Waals surface area contributed by atoms with E-state index in [0.717, 1.165) is 0 Å². The lowest BCUT2D eigenvalue weighted by Crippen LogP contribution is -2.24. The third kappa shape index (κ3) is 20.6. The second kappa shape index (κ2) is 31.7. The molecule has 0 aliphatic rings. The summed E-state index contributed by atoms with van der Waals surface area (Å²) in [7, 11) is 16.0. The molecule has 0 spiro atoms. The number of carbonyl (C=O) groups is 10. The molecule has 0 aliphatic carbocycles. The molecule has 0 fully saturated rings. The highest BCUT2D eigenvalue weighted by Crippen LogP contribution is 2.22. The van der Waals surface area contributed by atoms with Crippen molar-refractivity contribution in [1.29, 1.82) is 0 Å². The predicted octanol–water partition coefficient (Wildman–Crippen LogP) is 7.91. The Morgan fingerprint density at radius 1 is 0.411 bits per heavy atom. The highest BCUT2D eigenvalue weighted by molar-refractivity contribution is 6.00. The number of hydrogen-bond acceptors (Lipinski definition) is 18. The molecular weight excluding hydrogens is 1230 g/mol. The molecule has 0 saturated carbocycles. The summed E-state index contributed by atoms with van der Waals surface area (Å²) in [4.78, 5) is 141. The number of esters is 4. The molecule has 0 atom stereocenters. The third-order valence-electron chi connectivity index (χ3n) is 14.0. The van der Waals surface area contributed by atoms with E-state index in [4.69, 9.17) is 19.3 Å². The van der Waals surface area contributed by atoms with Gasteiger partial charge < -0.3 is 60.6 Å². The van der Waals surface area contributed by atoms with E-state index < -0.39 is 34.0 Å². The van der Waals surface area contributed by atoms with E-state index in [0.29, 0.717) is 67.7 Å². The van der Waals surface area contributed by atoms with Gasteiger partial charge >= 0.3 is 29.8 Å². The van der Waals surface area contributed by atoms with Crippen molar-refractivity contribution in [2.45, 2.75) is 113 Å². The van der Waals surface area contributed by atoms with E-state index >= 15 is 0 Å². The zero-order valence-electron chi connectivity index (χ0n) is 54.9. The Hall–Kier alpha value is -10.8. The number of nitrogens with zero attached hydrogens (tertiary/aromatic N) is 11. The smallest absolute Gasteiger partial charge is 0.372 e. The average Bonchev–Trinajstić information content (AvgIpc) is 1.71. The van der Waals surface area contributed by atoms with Crippen LogP contribution in [0.3, 0.4) is 0 Å². The van der Waals surface area contributed by atoms with Gasteiger partial charge in [0, 0.05) is 125 Å². The Bertz CT molecular complexity index is 4210. The fourth-order valence-electron chi connectivity index (χ4n) is 10.1. The Morgan fingerprint density at radius 2 is 0.695 bits per heavy atom. The van der Waals surface area contributed by atoms with Crippen molar-refractivity contribution < 1.29 is 76.9 Å². The Morgan fingerprint density at radius 3 is 1.01 bits per heavy atom. The van der Waals surface area contributed by atoms with Gasteiger partial charge in [-0.25, -0.2) is 24.4 Å². The highest BCUT2D eigenvalue weighted by Gasteiger charge is 2.26. The van der Waals surface area contributed by atoms with Gasteiger partial charge in [-0.2, -0.15) is 0 Å². The zero-order valence-corrected chi connectivity index (χ0v) is 54.9. The predicted molar refractivity (Wildman–Crippen MR) is 348 cm³/mol. The lowest BCUT2D eigenvalue weighted by Gasteiger charge is -2.19. The van der Waals surface area contributed by atoms with Crippen molar-refractivity contribution in [3.8, 4) is 0 Å². The van der Waals surface area contributed by atoms with Crippen LogP contribution in [0.5, 0.6) is 0 Å². The number of Topliss-reactive ketones (excluding diaryl/α,β-unsaturated/α-hetero) is 5. The van der Waals surface area contributed by atoms with Crippen LogP contribution in [-0.2, 0) is 130 Å². The van der Waals surface area contributed by atoms with E-state index in [1.165, 1.54) is 41.8 Å². The summed E-state index contributed by atoms with van der Waals surface area (Å²) in [5.74, 6) is -3.88. The van der Waals surface area contributed by atoms with Gasteiger partial charge in [0.15, 0.2) is 29.0 Å². The van der Waals surface area contributed by atoms with Gasteiger partial charge in [0.1, 0.15) is 22.6 Å². The van der Waals surface area contributed by atoms with E-state index in [-0.39, 0.29) is 124 Å². The highest BCUT2D eigenvalue weighted by atomic mass is 16.6. The minimum atomic E-state index is -1.15. The number of ether oxygens (including phenoxy) is 4. The molecule has 0 radical (unpaired) electrons. The minimum absolute atomic E-state index is 0. The summed E-state index contributed by atoms with van der Waals surface area (Å²) in [6.07, 6.45) is 13.2. The normalized spacial score (nSPS) is 11.0. The minimum Gasteiger partial charge on any atom is -0.475 e. The average molecular weight is 1320 g/mol. The zero-order chi connectivity index (χ0) is 69.3. The Balaban J connectivity index is 0.000000327. The van der Waals surface area contributed by atoms with Gasteiger partial charge in [-0.1, -0.05) is 14.9 Å². The van der Waals surface area contributed by atoms with Crippen molar-refractivity contribution in [3.05, 3.63) is 181 Å². The van der Waals surface area contributed by atoms with Crippen LogP contribution in [0.25, 0.3) is 0 Å². The number of carbonyl (C=O) groups excluding carboxylic acids is 9. The molecule has 28 nitrogen and oxygen atoms in total. The number of aromatic carboxylic acids is 1. The summed E-state index contributed by atoms with van der Waals surface area (Å²) >= 11 is 0. The Labute approximate surface area is 550 Å². The molecule has 1 N–H and O–H groups in total. The number of imidazole rings is 2. The van der Waals surface area contributed by atoms with E-state index in [1.54, 1.807) is 193 Å².